The van der Waals surface area contributed by atoms with Crippen LogP contribution in [0.3, 0.4) is 0 Å². The largest absolute Gasteiger partial charge is 0.463 e. The fourth-order valence-electron chi connectivity index (χ4n) is 1.89. The summed E-state index contributed by atoms with van der Waals surface area (Å²) in [5.74, 6) is -1.54. The number of aliphatic hydroxyl groups excluding tert-OH is 1. The molecular weight excluding hydrogens is 303 g/mol. The highest BCUT2D eigenvalue weighted by molar-refractivity contribution is 5.77. The molecule has 0 saturated carbocycles. The molecule has 0 fully saturated rings. The molecule has 0 spiro atoms. The van der Waals surface area contributed by atoms with Gasteiger partial charge in [-0.15, -0.1) is 0 Å². The molecule has 0 radical (unpaired) electrons. The van der Waals surface area contributed by atoms with E-state index in [9.17, 15) is 23.1 Å². The third kappa shape index (κ3) is 4.48. The number of carbonyl (C=O) groups is 1. The summed E-state index contributed by atoms with van der Waals surface area (Å²) in [5, 5.41) is 21.0. The van der Waals surface area contributed by atoms with Gasteiger partial charge in [0.05, 0.1) is 6.42 Å². The molecule has 22 heavy (non-hydrogen) atoms. The predicted molar refractivity (Wildman–Crippen MR) is 71.9 cm³/mol. The van der Waals surface area contributed by atoms with E-state index in [2.05, 4.69) is 5.32 Å². The number of halogens is 3. The van der Waals surface area contributed by atoms with Crippen LogP contribution in [-0.2, 0) is 10.4 Å². The Balaban J connectivity index is 2.81. The molecule has 1 rings (SSSR count). The highest BCUT2D eigenvalue weighted by Gasteiger charge is 2.58. The lowest BCUT2D eigenvalue weighted by atomic mass is 9.95. The van der Waals surface area contributed by atoms with Gasteiger partial charge in [-0.25, -0.2) is 0 Å². The van der Waals surface area contributed by atoms with Gasteiger partial charge >= 0.3 is 6.18 Å². The average molecular weight is 323 g/mol. The summed E-state index contributed by atoms with van der Waals surface area (Å²) >= 11 is 0. The first-order valence-electron chi connectivity index (χ1n) is 6.83. The summed E-state index contributed by atoms with van der Waals surface area (Å²) < 4.78 is 44.3. The molecule has 2 atom stereocenters. The molecule has 0 saturated heterocycles. The van der Waals surface area contributed by atoms with Gasteiger partial charge in [0.2, 0.25) is 11.5 Å². The maximum atomic E-state index is 13.2. The van der Waals surface area contributed by atoms with Crippen molar-refractivity contribution in [2.75, 3.05) is 13.2 Å². The van der Waals surface area contributed by atoms with Gasteiger partial charge in [0.15, 0.2) is 0 Å². The van der Waals surface area contributed by atoms with Gasteiger partial charge in [-0.2, -0.15) is 13.2 Å². The van der Waals surface area contributed by atoms with Crippen molar-refractivity contribution in [2.45, 2.75) is 38.5 Å². The lowest BCUT2D eigenvalue weighted by molar-refractivity contribution is -0.273. The van der Waals surface area contributed by atoms with Crippen molar-refractivity contribution in [3.63, 3.8) is 0 Å². The Morgan fingerprint density at radius 1 is 1.41 bits per heavy atom. The van der Waals surface area contributed by atoms with Crippen molar-refractivity contribution in [2.24, 2.45) is 5.92 Å². The van der Waals surface area contributed by atoms with Crippen molar-refractivity contribution in [3.8, 4) is 0 Å². The van der Waals surface area contributed by atoms with E-state index in [1.54, 1.807) is 6.92 Å². The summed E-state index contributed by atoms with van der Waals surface area (Å²) in [4.78, 5) is 11.7. The number of aryl methyl sites for hydroxylation is 1. The Kier molecular flexibility index (Phi) is 6.01. The van der Waals surface area contributed by atoms with E-state index in [1.807, 2.05) is 0 Å². The van der Waals surface area contributed by atoms with E-state index in [0.717, 1.165) is 6.07 Å². The lowest BCUT2D eigenvalue weighted by Gasteiger charge is -2.28. The highest BCUT2D eigenvalue weighted by atomic mass is 19.4. The Bertz CT molecular complexity index is 501. The van der Waals surface area contributed by atoms with Gasteiger partial charge in [0, 0.05) is 13.2 Å². The molecule has 0 aliphatic rings. The second-order valence-corrected chi connectivity index (χ2v) is 5.37. The first-order valence-corrected chi connectivity index (χ1v) is 6.83. The number of alkyl halides is 3. The zero-order valence-corrected chi connectivity index (χ0v) is 12.4. The normalized spacial score (nSPS) is 16.1. The SMILES string of the molecule is Cc1ccc(C(O)(CC(=O)NCC(C)CCO)C(F)(F)F)o1. The van der Waals surface area contributed by atoms with Crippen LogP contribution >= 0.6 is 0 Å². The number of hydrogen-bond donors (Lipinski definition) is 3. The second kappa shape index (κ2) is 7.15. The molecular formula is C14H20F3NO4. The van der Waals surface area contributed by atoms with Crippen molar-refractivity contribution in [3.05, 3.63) is 23.7 Å². The number of nitrogens with one attached hydrogen (secondary N) is 1. The number of rotatable bonds is 7. The van der Waals surface area contributed by atoms with Crippen LogP contribution < -0.4 is 5.32 Å². The van der Waals surface area contributed by atoms with Crippen LogP contribution in [0, 0.1) is 12.8 Å². The van der Waals surface area contributed by atoms with E-state index in [0.29, 0.717) is 6.42 Å². The number of aliphatic hydroxyl groups is 2. The van der Waals surface area contributed by atoms with Gasteiger partial charge in [-0.05, 0) is 31.4 Å². The molecule has 0 aromatic carbocycles. The zero-order valence-electron chi connectivity index (χ0n) is 12.4. The molecule has 1 heterocycles. The van der Waals surface area contributed by atoms with E-state index in [4.69, 9.17) is 9.52 Å². The summed E-state index contributed by atoms with van der Waals surface area (Å²) in [6.45, 7) is 3.22. The van der Waals surface area contributed by atoms with E-state index in [-0.39, 0.29) is 24.8 Å². The van der Waals surface area contributed by atoms with Gasteiger partial charge in [0.25, 0.3) is 0 Å². The number of amides is 1. The van der Waals surface area contributed by atoms with E-state index >= 15 is 0 Å². The maximum Gasteiger partial charge on any atom is 0.425 e. The molecule has 1 amide bonds. The van der Waals surface area contributed by atoms with Gasteiger partial charge in [-0.1, -0.05) is 6.92 Å². The fraction of sp³-hybridized carbons (Fsp3) is 0.643. The highest BCUT2D eigenvalue weighted by Crippen LogP contribution is 2.42. The van der Waals surface area contributed by atoms with Crippen molar-refractivity contribution < 1.29 is 32.6 Å². The molecule has 0 aliphatic heterocycles. The third-order valence-corrected chi connectivity index (χ3v) is 3.30. The molecule has 1 aromatic rings. The maximum absolute atomic E-state index is 13.2. The summed E-state index contributed by atoms with van der Waals surface area (Å²) in [7, 11) is 0. The average Bonchev–Trinajstić information content (AvgIpc) is 2.82. The number of hydrogen-bond acceptors (Lipinski definition) is 4. The Morgan fingerprint density at radius 3 is 2.50 bits per heavy atom. The molecule has 3 N–H and O–H groups in total. The predicted octanol–water partition coefficient (Wildman–Crippen LogP) is 1.86. The van der Waals surface area contributed by atoms with Crippen LogP contribution in [0.4, 0.5) is 13.2 Å². The standard InChI is InChI=1S/C14H20F3NO4/c1-9(5-6-19)8-18-12(20)7-13(21,14(15,16)17)11-4-3-10(2)22-11/h3-4,9,19,21H,5-8H2,1-2H3,(H,18,20). The monoisotopic (exact) mass is 323 g/mol. The summed E-state index contributed by atoms with van der Waals surface area (Å²) in [5.41, 5.74) is -3.37. The molecule has 1 aromatic heterocycles. The quantitative estimate of drug-likeness (QED) is 0.715. The van der Waals surface area contributed by atoms with Crippen molar-refractivity contribution in [1.82, 2.24) is 5.32 Å². The minimum atomic E-state index is -5.05. The van der Waals surface area contributed by atoms with Gasteiger partial charge in [0.1, 0.15) is 11.5 Å². The number of carbonyl (C=O) groups excluding carboxylic acids is 1. The van der Waals surface area contributed by atoms with Crippen molar-refractivity contribution >= 4 is 5.91 Å². The minimum absolute atomic E-state index is 0.0742. The number of furan rings is 1. The molecule has 0 bridgehead atoms. The Hall–Kier alpha value is -1.54. The zero-order chi connectivity index (χ0) is 17.0. The molecule has 126 valence electrons. The van der Waals surface area contributed by atoms with Gasteiger partial charge in [-0.3, -0.25) is 4.79 Å². The molecule has 0 aliphatic carbocycles. The summed E-state index contributed by atoms with van der Waals surface area (Å²) in [6.07, 6.45) is -5.82. The smallest absolute Gasteiger partial charge is 0.425 e. The molecule has 5 nitrogen and oxygen atoms in total. The first kappa shape index (κ1) is 18.5. The first-order chi connectivity index (χ1) is 10.1. The molecule has 8 heteroatoms. The van der Waals surface area contributed by atoms with Crippen LogP contribution in [0.25, 0.3) is 0 Å². The van der Waals surface area contributed by atoms with Crippen LogP contribution in [-0.4, -0.2) is 35.4 Å². The fourth-order valence-corrected chi connectivity index (χ4v) is 1.89. The third-order valence-electron chi connectivity index (χ3n) is 3.30. The van der Waals surface area contributed by atoms with Crippen LogP contribution in [0.15, 0.2) is 16.5 Å². The van der Waals surface area contributed by atoms with Crippen LogP contribution in [0.5, 0.6) is 0 Å². The van der Waals surface area contributed by atoms with E-state index < -0.39 is 29.9 Å². The summed E-state index contributed by atoms with van der Waals surface area (Å²) in [6, 6.07) is 2.29. The minimum Gasteiger partial charge on any atom is -0.463 e. The van der Waals surface area contributed by atoms with Crippen LogP contribution in [0.2, 0.25) is 0 Å². The Labute approximate surface area is 126 Å². The second-order valence-electron chi connectivity index (χ2n) is 5.37. The topological polar surface area (TPSA) is 82.7 Å². The van der Waals surface area contributed by atoms with Crippen molar-refractivity contribution in [1.29, 1.82) is 0 Å². The van der Waals surface area contributed by atoms with E-state index in [1.165, 1.54) is 13.0 Å². The lowest BCUT2D eigenvalue weighted by Crippen LogP contribution is -2.46. The van der Waals surface area contributed by atoms with Crippen LogP contribution in [0.1, 0.15) is 31.3 Å². The molecule has 2 unspecified atom stereocenters. The Morgan fingerprint density at radius 2 is 2.05 bits per heavy atom. The van der Waals surface area contributed by atoms with Gasteiger partial charge < -0.3 is 19.9 Å².